The lowest BCUT2D eigenvalue weighted by Crippen LogP contribution is -1.85. The van der Waals surface area contributed by atoms with Gasteiger partial charge < -0.3 is 21.4 Å². The van der Waals surface area contributed by atoms with Crippen molar-refractivity contribution >= 4 is 65.5 Å². The second kappa shape index (κ2) is 5.05. The zero-order valence-electron chi connectivity index (χ0n) is 14.3. The molecule has 27 heavy (non-hydrogen) atoms. The van der Waals surface area contributed by atoms with Crippen LogP contribution in [0, 0.1) is 0 Å². The molecule has 0 atom stereocenters. The number of hydrogen-bond donors (Lipinski definition) is 4. The number of H-pyrrole nitrogens is 2. The van der Waals surface area contributed by atoms with E-state index in [1.807, 2.05) is 24.3 Å². The van der Waals surface area contributed by atoms with Crippen molar-refractivity contribution in [3.63, 3.8) is 0 Å². The molecule has 0 bridgehead atoms. The van der Waals surface area contributed by atoms with E-state index < -0.39 is 0 Å². The molecule has 0 fully saturated rings. The van der Waals surface area contributed by atoms with Crippen molar-refractivity contribution in [1.82, 2.24) is 9.97 Å². The molecule has 3 heterocycles. The van der Waals surface area contributed by atoms with E-state index in [-0.39, 0.29) is 0 Å². The average molecular weight is 368 g/mol. The van der Waals surface area contributed by atoms with Crippen molar-refractivity contribution in [2.24, 2.45) is 0 Å². The molecule has 3 aromatic heterocycles. The summed E-state index contributed by atoms with van der Waals surface area (Å²) in [5.41, 5.74) is 19.4. The van der Waals surface area contributed by atoms with Gasteiger partial charge in [0.2, 0.25) is 0 Å². The number of aromatic nitrogens is 2. The van der Waals surface area contributed by atoms with Crippen LogP contribution in [0.4, 0.5) is 11.4 Å². The molecule has 0 aliphatic carbocycles. The monoisotopic (exact) mass is 368 g/mol. The molecule has 3 aromatic carbocycles. The summed E-state index contributed by atoms with van der Waals surface area (Å²) in [6.07, 6.45) is 2.08. The van der Waals surface area contributed by atoms with Gasteiger partial charge in [-0.2, -0.15) is 0 Å². The molecule has 0 spiro atoms. The number of benzene rings is 3. The third-order valence-electron chi connectivity index (χ3n) is 5.32. The Bertz CT molecular complexity index is 1500. The number of aromatic amines is 2. The number of thiophene rings is 1. The molecular formula is C22H16N4S. The molecule has 6 N–H and O–H groups in total. The normalized spacial score (nSPS) is 12.0. The van der Waals surface area contributed by atoms with Crippen molar-refractivity contribution in [2.75, 3.05) is 11.5 Å². The first-order chi connectivity index (χ1) is 13.2. The highest BCUT2D eigenvalue weighted by Crippen LogP contribution is 2.44. The Balaban J connectivity index is 1.88. The fourth-order valence-corrected chi connectivity index (χ4v) is 4.97. The fraction of sp³-hybridized carbons (Fsp3) is 0. The zero-order chi connectivity index (χ0) is 18.1. The van der Waals surface area contributed by atoms with Gasteiger partial charge in [-0.1, -0.05) is 0 Å². The Morgan fingerprint density at radius 1 is 0.741 bits per heavy atom. The number of hydrogen-bond acceptors (Lipinski definition) is 3. The number of fused-ring (bicyclic) bond motifs is 5. The van der Waals surface area contributed by atoms with Crippen LogP contribution in [-0.2, 0) is 0 Å². The molecule has 0 aliphatic heterocycles. The topological polar surface area (TPSA) is 83.6 Å². The lowest BCUT2D eigenvalue weighted by atomic mass is 9.95. The van der Waals surface area contributed by atoms with Crippen molar-refractivity contribution < 1.29 is 0 Å². The first kappa shape index (κ1) is 14.7. The maximum absolute atomic E-state index is 6.11. The van der Waals surface area contributed by atoms with E-state index in [0.717, 1.165) is 44.3 Å². The molecule has 0 unspecified atom stereocenters. The lowest BCUT2D eigenvalue weighted by Gasteiger charge is -2.07. The van der Waals surface area contributed by atoms with Gasteiger partial charge in [0.15, 0.2) is 0 Å². The first-order valence-corrected chi connectivity index (χ1v) is 9.65. The van der Waals surface area contributed by atoms with Crippen LogP contribution in [0.2, 0.25) is 0 Å². The number of anilines is 2. The summed E-state index contributed by atoms with van der Waals surface area (Å²) in [7, 11) is 0. The van der Waals surface area contributed by atoms with Crippen molar-refractivity contribution in [2.45, 2.75) is 0 Å². The van der Waals surface area contributed by atoms with E-state index in [9.17, 15) is 0 Å². The van der Waals surface area contributed by atoms with Gasteiger partial charge in [-0.15, -0.1) is 11.3 Å². The summed E-state index contributed by atoms with van der Waals surface area (Å²) in [6.45, 7) is 0. The highest BCUT2D eigenvalue weighted by molar-refractivity contribution is 7.17. The van der Waals surface area contributed by atoms with E-state index >= 15 is 0 Å². The van der Waals surface area contributed by atoms with Crippen LogP contribution in [0.1, 0.15) is 0 Å². The molecule has 6 aromatic rings. The van der Waals surface area contributed by atoms with Gasteiger partial charge in [0.25, 0.3) is 0 Å². The largest absolute Gasteiger partial charge is 0.399 e. The highest BCUT2D eigenvalue weighted by Gasteiger charge is 2.18. The Hall–Kier alpha value is -3.44. The van der Waals surface area contributed by atoms with Gasteiger partial charge in [0, 0.05) is 71.5 Å². The molecule has 130 valence electrons. The Kier molecular flexibility index (Phi) is 2.75. The minimum Gasteiger partial charge on any atom is -0.399 e. The quantitative estimate of drug-likeness (QED) is 0.275. The first-order valence-electron chi connectivity index (χ1n) is 8.77. The van der Waals surface area contributed by atoms with Crippen LogP contribution < -0.4 is 11.5 Å². The van der Waals surface area contributed by atoms with Crippen LogP contribution in [0.25, 0.3) is 53.9 Å². The lowest BCUT2D eigenvalue weighted by molar-refractivity contribution is 1.48. The Labute approximate surface area is 158 Å². The zero-order valence-corrected chi connectivity index (χ0v) is 15.2. The van der Waals surface area contributed by atoms with E-state index in [2.05, 4.69) is 45.8 Å². The van der Waals surface area contributed by atoms with Crippen molar-refractivity contribution in [3.8, 4) is 11.1 Å². The number of nitrogen functional groups attached to an aromatic ring is 2. The van der Waals surface area contributed by atoms with E-state index in [1.165, 1.54) is 21.0 Å². The molecular weight excluding hydrogens is 352 g/mol. The van der Waals surface area contributed by atoms with E-state index in [1.54, 1.807) is 11.3 Å². The summed E-state index contributed by atoms with van der Waals surface area (Å²) in [5.74, 6) is 0. The number of rotatable bonds is 1. The Morgan fingerprint density at radius 2 is 1.52 bits per heavy atom. The van der Waals surface area contributed by atoms with Crippen LogP contribution in [0.3, 0.4) is 0 Å². The van der Waals surface area contributed by atoms with Crippen LogP contribution >= 0.6 is 11.3 Å². The molecule has 0 saturated carbocycles. The maximum Gasteiger partial charge on any atom is 0.0485 e. The molecule has 0 radical (unpaired) electrons. The highest BCUT2D eigenvalue weighted by atomic mass is 32.1. The molecule has 0 amide bonds. The summed E-state index contributed by atoms with van der Waals surface area (Å²) >= 11 is 1.76. The predicted octanol–water partition coefficient (Wildman–Crippen LogP) is 5.85. The smallest absolute Gasteiger partial charge is 0.0485 e. The van der Waals surface area contributed by atoms with Crippen LogP contribution in [-0.4, -0.2) is 9.97 Å². The van der Waals surface area contributed by atoms with Gasteiger partial charge in [-0.3, -0.25) is 0 Å². The summed E-state index contributed by atoms with van der Waals surface area (Å²) in [5, 5.41) is 6.87. The van der Waals surface area contributed by atoms with E-state index in [4.69, 9.17) is 11.5 Å². The van der Waals surface area contributed by atoms with Crippen molar-refractivity contribution in [3.05, 3.63) is 60.1 Å². The fourth-order valence-electron chi connectivity index (χ4n) is 4.14. The number of nitrogens with two attached hydrogens (primary N) is 2. The van der Waals surface area contributed by atoms with Gasteiger partial charge >= 0.3 is 0 Å². The summed E-state index contributed by atoms with van der Waals surface area (Å²) < 4.78 is 1.26. The average Bonchev–Trinajstić information content (AvgIpc) is 3.36. The predicted molar refractivity (Wildman–Crippen MR) is 117 cm³/mol. The molecule has 6 rings (SSSR count). The van der Waals surface area contributed by atoms with Crippen LogP contribution in [0.15, 0.2) is 60.1 Å². The maximum atomic E-state index is 6.11. The van der Waals surface area contributed by atoms with Gasteiger partial charge in [-0.25, -0.2) is 0 Å². The standard InChI is InChI=1S/C22H16N4S/c23-11-1-3-17-14(7-11)16(10-25-17)21-13-5-6-27-20(13)9-19-22(21)15-8-12(24)2-4-18(15)26-19/h1-10,25-26H,23-24H2. The second-order valence-corrected chi connectivity index (χ2v) is 7.89. The molecule has 0 saturated heterocycles. The minimum absolute atomic E-state index is 0.764. The van der Waals surface area contributed by atoms with Gasteiger partial charge in [0.1, 0.15) is 0 Å². The molecule has 0 aliphatic rings. The van der Waals surface area contributed by atoms with E-state index in [0.29, 0.717) is 0 Å². The SMILES string of the molecule is Nc1ccc2[nH]cc(-c3c4ccsc4cc4[nH]c5ccc(N)cc5c34)c2c1. The number of nitrogens with one attached hydrogen (secondary N) is 2. The Morgan fingerprint density at radius 3 is 2.37 bits per heavy atom. The molecule has 5 heteroatoms. The van der Waals surface area contributed by atoms with Crippen molar-refractivity contribution in [1.29, 1.82) is 0 Å². The van der Waals surface area contributed by atoms with Gasteiger partial charge in [0.05, 0.1) is 0 Å². The second-order valence-electron chi connectivity index (χ2n) is 6.94. The third-order valence-corrected chi connectivity index (χ3v) is 6.18. The van der Waals surface area contributed by atoms with Gasteiger partial charge in [-0.05, 0) is 53.9 Å². The third kappa shape index (κ3) is 1.97. The molecule has 4 nitrogen and oxygen atoms in total. The summed E-state index contributed by atoms with van der Waals surface area (Å²) in [4.78, 5) is 6.97. The minimum atomic E-state index is 0.764. The van der Waals surface area contributed by atoms with Crippen LogP contribution in [0.5, 0.6) is 0 Å². The summed E-state index contributed by atoms with van der Waals surface area (Å²) in [6, 6.07) is 16.5.